The number of halogens is 1. The molecule has 0 bridgehead atoms. The minimum absolute atomic E-state index is 0.0445. The molecule has 0 saturated carbocycles. The lowest BCUT2D eigenvalue weighted by Crippen LogP contribution is -2.17. The van der Waals surface area contributed by atoms with Crippen LogP contribution in [0.4, 0.5) is 10.2 Å². The lowest BCUT2D eigenvalue weighted by Gasteiger charge is -2.11. The third-order valence-corrected chi connectivity index (χ3v) is 5.73. The van der Waals surface area contributed by atoms with Crippen molar-refractivity contribution in [2.45, 2.75) is 30.9 Å². The number of nitrogens with zero attached hydrogens (tertiary/aromatic N) is 2. The molecule has 1 aliphatic rings. The van der Waals surface area contributed by atoms with Gasteiger partial charge in [-0.1, -0.05) is 12.1 Å². The van der Waals surface area contributed by atoms with Crippen LogP contribution in [0.25, 0.3) is 0 Å². The van der Waals surface area contributed by atoms with Gasteiger partial charge in [-0.2, -0.15) is 5.10 Å². The summed E-state index contributed by atoms with van der Waals surface area (Å²) in [6.07, 6.45) is 2.24. The van der Waals surface area contributed by atoms with Gasteiger partial charge >= 0.3 is 0 Å². The van der Waals surface area contributed by atoms with Crippen LogP contribution in [0, 0.1) is 5.82 Å². The van der Waals surface area contributed by atoms with Gasteiger partial charge in [0.15, 0.2) is 0 Å². The zero-order valence-electron chi connectivity index (χ0n) is 14.6. The predicted octanol–water partition coefficient (Wildman–Crippen LogP) is 3.19. The Balaban J connectivity index is 1.56. The first kappa shape index (κ1) is 17.5. The number of aromatic nitrogens is 2. The summed E-state index contributed by atoms with van der Waals surface area (Å²) in [6, 6.07) is 12.4. The number of fused-ring (bicyclic) bond motifs is 1. The number of hydrogen-bond donors (Lipinski definition) is 1. The third-order valence-electron chi connectivity index (χ3n) is 4.38. The molecule has 27 heavy (non-hydrogen) atoms. The Bertz CT molecular complexity index is 1080. The summed E-state index contributed by atoms with van der Waals surface area (Å²) in [7, 11) is -3.77. The number of benzene rings is 2. The predicted molar refractivity (Wildman–Crippen MR) is 98.8 cm³/mol. The van der Waals surface area contributed by atoms with Gasteiger partial charge in [-0.15, -0.1) is 0 Å². The van der Waals surface area contributed by atoms with E-state index in [9.17, 15) is 12.8 Å². The normalized spacial score (nSPS) is 16.0. The standard InChI is InChI=1S/C19H18FN3O3S/c1-13-10-15-11-17(6-7-18(15)26-13)27(24,25)22-19-8-9-21-23(19)12-14-2-4-16(20)5-3-14/h2-9,11,13,22H,10,12H2,1H3/t13-/m1/s1. The topological polar surface area (TPSA) is 73.2 Å². The summed E-state index contributed by atoms with van der Waals surface area (Å²) in [5.41, 5.74) is 1.69. The molecule has 0 fully saturated rings. The molecule has 0 spiro atoms. The smallest absolute Gasteiger partial charge is 0.263 e. The van der Waals surface area contributed by atoms with E-state index in [4.69, 9.17) is 4.74 Å². The van der Waals surface area contributed by atoms with Crippen LogP contribution < -0.4 is 9.46 Å². The van der Waals surface area contributed by atoms with Gasteiger partial charge < -0.3 is 4.74 Å². The Kier molecular flexibility index (Phi) is 4.35. The Morgan fingerprint density at radius 1 is 1.22 bits per heavy atom. The number of nitrogens with one attached hydrogen (secondary N) is 1. The van der Waals surface area contributed by atoms with Gasteiger partial charge in [0.1, 0.15) is 23.5 Å². The van der Waals surface area contributed by atoms with E-state index in [1.807, 2.05) is 6.92 Å². The molecule has 0 amide bonds. The minimum Gasteiger partial charge on any atom is -0.490 e. The molecule has 140 valence electrons. The lowest BCUT2D eigenvalue weighted by molar-refractivity contribution is 0.254. The summed E-state index contributed by atoms with van der Waals surface area (Å²) in [5, 5.41) is 4.16. The fourth-order valence-corrected chi connectivity index (χ4v) is 4.18. The SMILES string of the molecule is C[C@@H]1Cc2cc(S(=O)(=O)Nc3ccnn3Cc3ccc(F)cc3)ccc2O1. The highest BCUT2D eigenvalue weighted by molar-refractivity contribution is 7.92. The van der Waals surface area contributed by atoms with Crippen LogP contribution in [0.15, 0.2) is 59.6 Å². The van der Waals surface area contributed by atoms with Gasteiger partial charge in [0.05, 0.1) is 17.6 Å². The Labute approximate surface area is 156 Å². The number of anilines is 1. The van der Waals surface area contributed by atoms with E-state index in [0.29, 0.717) is 18.8 Å². The zero-order chi connectivity index (χ0) is 19.0. The Morgan fingerprint density at radius 2 is 2.00 bits per heavy atom. The highest BCUT2D eigenvalue weighted by Crippen LogP contribution is 2.31. The summed E-state index contributed by atoms with van der Waals surface area (Å²) < 4.78 is 48.3. The van der Waals surface area contributed by atoms with Gasteiger partial charge in [0.25, 0.3) is 10.0 Å². The molecule has 1 N–H and O–H groups in total. The molecule has 3 aromatic rings. The third kappa shape index (κ3) is 3.66. The summed E-state index contributed by atoms with van der Waals surface area (Å²) >= 11 is 0. The molecule has 4 rings (SSSR count). The van der Waals surface area contributed by atoms with Gasteiger partial charge in [-0.25, -0.2) is 17.5 Å². The molecule has 0 saturated heterocycles. The molecule has 2 heterocycles. The number of hydrogen-bond acceptors (Lipinski definition) is 4. The van der Waals surface area contributed by atoms with E-state index in [1.165, 1.54) is 29.1 Å². The lowest BCUT2D eigenvalue weighted by atomic mass is 10.1. The second-order valence-electron chi connectivity index (χ2n) is 6.51. The van der Waals surface area contributed by atoms with Crippen molar-refractivity contribution in [3.05, 3.63) is 71.7 Å². The fourth-order valence-electron chi connectivity index (χ4n) is 3.07. The van der Waals surface area contributed by atoms with E-state index in [0.717, 1.165) is 16.9 Å². The Hall–Kier alpha value is -2.87. The number of rotatable bonds is 5. The van der Waals surface area contributed by atoms with Crippen LogP contribution in [0.5, 0.6) is 5.75 Å². The van der Waals surface area contributed by atoms with Crippen LogP contribution in [0.2, 0.25) is 0 Å². The van der Waals surface area contributed by atoms with Crippen molar-refractivity contribution in [2.75, 3.05) is 4.72 Å². The summed E-state index contributed by atoms with van der Waals surface area (Å²) in [4.78, 5) is 0.175. The molecule has 1 aliphatic heterocycles. The second kappa shape index (κ2) is 6.70. The first-order valence-corrected chi connectivity index (χ1v) is 9.98. The molecule has 1 atom stereocenters. The molecule has 0 aliphatic carbocycles. The average molecular weight is 387 g/mol. The van der Waals surface area contributed by atoms with Crippen molar-refractivity contribution >= 4 is 15.8 Å². The maximum Gasteiger partial charge on any atom is 0.263 e. The average Bonchev–Trinajstić information content (AvgIpc) is 3.21. The number of ether oxygens (including phenoxy) is 1. The van der Waals surface area contributed by atoms with Crippen molar-refractivity contribution in [1.29, 1.82) is 0 Å². The molecule has 0 radical (unpaired) electrons. The van der Waals surface area contributed by atoms with Gasteiger partial charge in [-0.3, -0.25) is 4.72 Å². The molecule has 2 aromatic carbocycles. The fraction of sp³-hybridized carbons (Fsp3) is 0.211. The highest BCUT2D eigenvalue weighted by atomic mass is 32.2. The minimum atomic E-state index is -3.77. The first-order chi connectivity index (χ1) is 12.9. The molecule has 1 aromatic heterocycles. The van der Waals surface area contributed by atoms with Crippen molar-refractivity contribution in [3.63, 3.8) is 0 Å². The summed E-state index contributed by atoms with van der Waals surface area (Å²) in [5.74, 6) is 0.738. The van der Waals surface area contributed by atoms with E-state index in [1.54, 1.807) is 30.3 Å². The van der Waals surface area contributed by atoms with E-state index >= 15 is 0 Å². The zero-order valence-corrected chi connectivity index (χ0v) is 15.4. The van der Waals surface area contributed by atoms with Crippen LogP contribution in [-0.4, -0.2) is 24.3 Å². The quantitative estimate of drug-likeness (QED) is 0.730. The molecular formula is C19H18FN3O3S. The van der Waals surface area contributed by atoms with Gasteiger partial charge in [0.2, 0.25) is 0 Å². The largest absolute Gasteiger partial charge is 0.490 e. The van der Waals surface area contributed by atoms with Crippen molar-refractivity contribution in [3.8, 4) is 5.75 Å². The maximum atomic E-state index is 13.1. The Morgan fingerprint density at radius 3 is 2.78 bits per heavy atom. The summed E-state index contributed by atoms with van der Waals surface area (Å²) in [6.45, 7) is 2.26. The van der Waals surface area contributed by atoms with E-state index in [2.05, 4.69) is 9.82 Å². The number of sulfonamides is 1. The maximum absolute atomic E-state index is 13.1. The second-order valence-corrected chi connectivity index (χ2v) is 8.19. The first-order valence-electron chi connectivity index (χ1n) is 8.49. The van der Waals surface area contributed by atoms with Gasteiger partial charge in [-0.05, 0) is 48.4 Å². The van der Waals surface area contributed by atoms with Crippen molar-refractivity contribution in [2.24, 2.45) is 0 Å². The van der Waals surface area contributed by atoms with Crippen LogP contribution >= 0.6 is 0 Å². The van der Waals surface area contributed by atoms with Crippen LogP contribution in [0.3, 0.4) is 0 Å². The van der Waals surface area contributed by atoms with Crippen molar-refractivity contribution < 1.29 is 17.5 Å². The van der Waals surface area contributed by atoms with Gasteiger partial charge in [0, 0.05) is 12.5 Å². The molecular weight excluding hydrogens is 369 g/mol. The molecule has 0 unspecified atom stereocenters. The van der Waals surface area contributed by atoms with Crippen LogP contribution in [0.1, 0.15) is 18.1 Å². The van der Waals surface area contributed by atoms with E-state index < -0.39 is 10.0 Å². The van der Waals surface area contributed by atoms with E-state index in [-0.39, 0.29) is 16.8 Å². The molecule has 8 heteroatoms. The van der Waals surface area contributed by atoms with Crippen molar-refractivity contribution in [1.82, 2.24) is 9.78 Å². The molecule has 6 nitrogen and oxygen atoms in total. The highest BCUT2D eigenvalue weighted by Gasteiger charge is 2.23. The monoisotopic (exact) mass is 387 g/mol. The van der Waals surface area contributed by atoms with Crippen LogP contribution in [-0.2, 0) is 23.0 Å².